The summed E-state index contributed by atoms with van der Waals surface area (Å²) in [5.41, 5.74) is 1.29. The van der Waals surface area contributed by atoms with E-state index in [1.54, 1.807) is 41.2 Å². The van der Waals surface area contributed by atoms with E-state index in [0.29, 0.717) is 21.6 Å². The Morgan fingerprint density at radius 1 is 1.00 bits per heavy atom. The maximum absolute atomic E-state index is 13.8. The Hall–Kier alpha value is -4.18. The van der Waals surface area contributed by atoms with Crippen LogP contribution in [0.1, 0.15) is 27.3 Å². The molecule has 0 radical (unpaired) electrons. The average Bonchev–Trinajstić information content (AvgIpc) is 3.46. The van der Waals surface area contributed by atoms with Crippen LogP contribution in [0.4, 0.5) is 19.0 Å². The lowest BCUT2D eigenvalue weighted by atomic mass is 10.1. The van der Waals surface area contributed by atoms with E-state index in [2.05, 4.69) is 20.5 Å². The predicted molar refractivity (Wildman–Crippen MR) is 129 cm³/mol. The number of nitrogens with zero attached hydrogens (tertiary/aromatic N) is 5. The van der Waals surface area contributed by atoms with Gasteiger partial charge >= 0.3 is 6.18 Å². The van der Waals surface area contributed by atoms with Crippen LogP contribution < -0.4 is 5.32 Å². The van der Waals surface area contributed by atoms with Crippen molar-refractivity contribution in [2.45, 2.75) is 19.6 Å². The molecule has 2 aromatic carbocycles. The van der Waals surface area contributed by atoms with E-state index in [9.17, 15) is 18.0 Å². The second-order valence-corrected chi connectivity index (χ2v) is 8.61. The largest absolute Gasteiger partial charge is 0.433 e. The molecule has 3 aromatic heterocycles. The molecule has 1 amide bonds. The molecule has 0 atom stereocenters. The van der Waals surface area contributed by atoms with Gasteiger partial charge in [0.05, 0.1) is 12.2 Å². The summed E-state index contributed by atoms with van der Waals surface area (Å²) in [7, 11) is 0. The van der Waals surface area contributed by atoms with Crippen LogP contribution in [-0.4, -0.2) is 30.3 Å². The molecule has 0 saturated carbocycles. The smallest absolute Gasteiger partial charge is 0.304 e. The number of aryl methyl sites for hydroxylation is 1. The number of hydrogen-bond donors (Lipinski definition) is 1. The Balaban J connectivity index is 1.42. The standard InChI is InChI=1S/C25H18ClF3N6O/c1-15-2-4-16(5-3-15)14-34-11-10-22(33-34)31-24(36)20-13-23-30-19(17-6-8-18(26)9-7-17)12-21(25(27,28)29)35(23)32-20/h2-13H,14H2,1H3,(H,31,33,36). The number of fused-ring (bicyclic) bond motifs is 1. The molecular formula is C25H18ClF3N6O. The second kappa shape index (κ2) is 9.12. The first-order valence-corrected chi connectivity index (χ1v) is 11.2. The Bertz CT molecular complexity index is 1560. The zero-order chi connectivity index (χ0) is 25.4. The van der Waals surface area contributed by atoms with Crippen molar-refractivity contribution in [2.24, 2.45) is 0 Å². The van der Waals surface area contributed by atoms with E-state index in [-0.39, 0.29) is 22.9 Å². The lowest BCUT2D eigenvalue weighted by Gasteiger charge is -2.11. The highest BCUT2D eigenvalue weighted by Crippen LogP contribution is 2.32. The molecule has 0 spiro atoms. The van der Waals surface area contributed by atoms with E-state index in [1.165, 1.54) is 6.07 Å². The fourth-order valence-electron chi connectivity index (χ4n) is 3.63. The topological polar surface area (TPSA) is 77.1 Å². The number of anilines is 1. The van der Waals surface area contributed by atoms with Gasteiger partial charge in [-0.2, -0.15) is 23.4 Å². The maximum Gasteiger partial charge on any atom is 0.433 e. The van der Waals surface area contributed by atoms with Gasteiger partial charge in [0.2, 0.25) is 0 Å². The molecule has 5 aromatic rings. The predicted octanol–water partition coefficient (Wildman–Crippen LogP) is 5.87. The molecule has 5 rings (SSSR count). The molecule has 182 valence electrons. The summed E-state index contributed by atoms with van der Waals surface area (Å²) in [6.45, 7) is 2.49. The maximum atomic E-state index is 13.8. The third-order valence-electron chi connectivity index (χ3n) is 5.44. The van der Waals surface area contributed by atoms with Crippen molar-refractivity contribution in [2.75, 3.05) is 5.32 Å². The van der Waals surface area contributed by atoms with Crippen molar-refractivity contribution in [1.82, 2.24) is 24.4 Å². The van der Waals surface area contributed by atoms with Gasteiger partial charge in [-0.25, -0.2) is 9.50 Å². The van der Waals surface area contributed by atoms with Crippen LogP contribution >= 0.6 is 11.6 Å². The molecule has 0 bridgehead atoms. The van der Waals surface area contributed by atoms with Crippen molar-refractivity contribution >= 4 is 29.0 Å². The van der Waals surface area contributed by atoms with Crippen molar-refractivity contribution < 1.29 is 18.0 Å². The first-order chi connectivity index (χ1) is 17.2. The minimum absolute atomic E-state index is 0.0770. The molecule has 0 aliphatic carbocycles. The van der Waals surface area contributed by atoms with Crippen LogP contribution in [0.25, 0.3) is 16.9 Å². The van der Waals surface area contributed by atoms with Gasteiger partial charge in [-0.15, -0.1) is 0 Å². The van der Waals surface area contributed by atoms with E-state index >= 15 is 0 Å². The minimum Gasteiger partial charge on any atom is -0.304 e. The zero-order valence-electron chi connectivity index (χ0n) is 18.8. The summed E-state index contributed by atoms with van der Waals surface area (Å²) in [5, 5.41) is 11.2. The first kappa shape index (κ1) is 23.6. The normalized spacial score (nSPS) is 11.7. The van der Waals surface area contributed by atoms with E-state index in [1.807, 2.05) is 31.2 Å². The van der Waals surface area contributed by atoms with Crippen LogP contribution in [0.5, 0.6) is 0 Å². The fourth-order valence-corrected chi connectivity index (χ4v) is 3.76. The van der Waals surface area contributed by atoms with E-state index in [4.69, 9.17) is 11.6 Å². The van der Waals surface area contributed by atoms with Crippen LogP contribution in [0.2, 0.25) is 5.02 Å². The van der Waals surface area contributed by atoms with Gasteiger partial charge < -0.3 is 5.32 Å². The van der Waals surface area contributed by atoms with Gasteiger partial charge in [-0.05, 0) is 30.7 Å². The quantitative estimate of drug-likeness (QED) is 0.320. The number of carbonyl (C=O) groups excluding carboxylic acids is 1. The second-order valence-electron chi connectivity index (χ2n) is 8.17. The third-order valence-corrected chi connectivity index (χ3v) is 5.69. The Labute approximate surface area is 208 Å². The molecule has 7 nitrogen and oxygen atoms in total. The molecule has 1 N–H and O–H groups in total. The monoisotopic (exact) mass is 510 g/mol. The number of amides is 1. The Morgan fingerprint density at radius 2 is 1.72 bits per heavy atom. The Morgan fingerprint density at radius 3 is 2.42 bits per heavy atom. The van der Waals surface area contributed by atoms with Crippen molar-refractivity contribution in [3.8, 4) is 11.3 Å². The molecule has 0 aliphatic rings. The number of aromatic nitrogens is 5. The van der Waals surface area contributed by atoms with Gasteiger partial charge in [0.15, 0.2) is 22.9 Å². The van der Waals surface area contributed by atoms with Crippen LogP contribution in [-0.2, 0) is 12.7 Å². The summed E-state index contributed by atoms with van der Waals surface area (Å²) < 4.78 is 43.7. The molecule has 36 heavy (non-hydrogen) atoms. The molecule has 0 unspecified atom stereocenters. The molecule has 3 heterocycles. The number of halogens is 4. The molecular weight excluding hydrogens is 493 g/mol. The summed E-state index contributed by atoms with van der Waals surface area (Å²) in [6, 6.07) is 17.9. The van der Waals surface area contributed by atoms with Gasteiger partial charge in [-0.3, -0.25) is 9.48 Å². The van der Waals surface area contributed by atoms with Crippen LogP contribution in [0, 0.1) is 6.92 Å². The van der Waals surface area contributed by atoms with Crippen molar-refractivity contribution in [3.05, 3.63) is 100 Å². The lowest BCUT2D eigenvalue weighted by Crippen LogP contribution is -2.16. The number of nitrogens with one attached hydrogen (secondary N) is 1. The summed E-state index contributed by atoms with van der Waals surface area (Å²) >= 11 is 5.88. The number of carbonyl (C=O) groups is 1. The minimum atomic E-state index is -4.73. The molecule has 0 aliphatic heterocycles. The number of alkyl halides is 3. The number of benzene rings is 2. The molecule has 0 saturated heterocycles. The third kappa shape index (κ3) is 4.94. The Kier molecular flexibility index (Phi) is 5.97. The van der Waals surface area contributed by atoms with Crippen LogP contribution in [0.15, 0.2) is 72.9 Å². The van der Waals surface area contributed by atoms with Crippen molar-refractivity contribution in [1.29, 1.82) is 0 Å². The van der Waals surface area contributed by atoms with Gasteiger partial charge in [0.1, 0.15) is 0 Å². The summed E-state index contributed by atoms with van der Waals surface area (Å²) in [5.74, 6) is -0.461. The first-order valence-electron chi connectivity index (χ1n) is 10.8. The van der Waals surface area contributed by atoms with E-state index < -0.39 is 17.8 Å². The number of hydrogen-bond acceptors (Lipinski definition) is 4. The van der Waals surface area contributed by atoms with Gasteiger partial charge in [-0.1, -0.05) is 53.6 Å². The summed E-state index contributed by atoms with van der Waals surface area (Å²) in [6.07, 6.45) is -3.03. The number of rotatable bonds is 5. The zero-order valence-corrected chi connectivity index (χ0v) is 19.5. The lowest BCUT2D eigenvalue weighted by molar-refractivity contribution is -0.142. The fraction of sp³-hybridized carbons (Fsp3) is 0.120. The summed E-state index contributed by atoms with van der Waals surface area (Å²) in [4.78, 5) is 17.1. The van der Waals surface area contributed by atoms with Crippen LogP contribution in [0.3, 0.4) is 0 Å². The van der Waals surface area contributed by atoms with Crippen molar-refractivity contribution in [3.63, 3.8) is 0 Å². The highest BCUT2D eigenvalue weighted by molar-refractivity contribution is 6.30. The SMILES string of the molecule is Cc1ccc(Cn2ccc(NC(=O)c3cc4nc(-c5ccc(Cl)cc5)cc(C(F)(F)F)n4n3)n2)cc1. The highest BCUT2D eigenvalue weighted by Gasteiger charge is 2.35. The molecule has 11 heteroatoms. The van der Waals surface area contributed by atoms with E-state index in [0.717, 1.165) is 17.2 Å². The van der Waals surface area contributed by atoms with Gasteiger partial charge in [0, 0.05) is 28.9 Å². The highest BCUT2D eigenvalue weighted by atomic mass is 35.5. The molecule has 0 fully saturated rings. The average molecular weight is 511 g/mol. The van der Waals surface area contributed by atoms with Gasteiger partial charge in [0.25, 0.3) is 5.91 Å².